The van der Waals surface area contributed by atoms with Gasteiger partial charge in [-0.05, 0) is 12.1 Å². The van der Waals surface area contributed by atoms with Crippen molar-refractivity contribution in [1.29, 1.82) is 0 Å². The van der Waals surface area contributed by atoms with Gasteiger partial charge >= 0.3 is 0 Å². The Hall–Kier alpha value is -2.36. The van der Waals surface area contributed by atoms with Gasteiger partial charge in [0.25, 0.3) is 0 Å². The molecule has 1 aromatic carbocycles. The van der Waals surface area contributed by atoms with Crippen molar-refractivity contribution in [3.05, 3.63) is 48.8 Å². The van der Waals surface area contributed by atoms with E-state index in [2.05, 4.69) is 10.1 Å². The molecule has 4 heteroatoms. The van der Waals surface area contributed by atoms with Crippen molar-refractivity contribution in [2.24, 2.45) is 0 Å². The van der Waals surface area contributed by atoms with Crippen molar-refractivity contribution in [3.63, 3.8) is 0 Å². The van der Waals surface area contributed by atoms with Crippen LogP contribution in [0.4, 0.5) is 5.69 Å². The number of aromatic nitrogens is 3. The summed E-state index contributed by atoms with van der Waals surface area (Å²) in [5.74, 6) is 0. The molecule has 2 aromatic heterocycles. The van der Waals surface area contributed by atoms with Crippen molar-refractivity contribution in [3.8, 4) is 11.3 Å². The maximum Gasteiger partial charge on any atom is 0.155 e. The van der Waals surface area contributed by atoms with E-state index in [1.54, 1.807) is 10.7 Å². The topological polar surface area (TPSA) is 56.2 Å². The molecule has 0 spiro atoms. The summed E-state index contributed by atoms with van der Waals surface area (Å²) in [7, 11) is 0. The molecular weight excluding hydrogens is 200 g/mol. The second-order valence-corrected chi connectivity index (χ2v) is 3.54. The minimum atomic E-state index is 0.728. The number of nitrogens with two attached hydrogens (primary N) is 1. The number of nitrogen functional groups attached to an aromatic ring is 1. The van der Waals surface area contributed by atoms with Gasteiger partial charge in [0.05, 0.1) is 5.69 Å². The number of para-hydroxylation sites is 1. The molecule has 0 radical (unpaired) electrons. The highest BCUT2D eigenvalue weighted by atomic mass is 15.2. The number of fused-ring (bicyclic) bond motifs is 1. The van der Waals surface area contributed by atoms with Crippen molar-refractivity contribution < 1.29 is 0 Å². The normalized spacial score (nSPS) is 10.8. The molecule has 0 saturated heterocycles. The predicted octanol–water partition coefficient (Wildman–Crippen LogP) is 1.98. The first-order valence-electron chi connectivity index (χ1n) is 5.00. The van der Waals surface area contributed by atoms with E-state index in [1.165, 1.54) is 0 Å². The average Bonchev–Trinajstić information content (AvgIpc) is 2.73. The Morgan fingerprint density at radius 1 is 1.12 bits per heavy atom. The summed E-state index contributed by atoms with van der Waals surface area (Å²) in [4.78, 5) is 4.22. The molecule has 0 unspecified atom stereocenters. The summed E-state index contributed by atoms with van der Waals surface area (Å²) in [6, 6.07) is 11.4. The first-order valence-corrected chi connectivity index (χ1v) is 5.00. The Kier molecular flexibility index (Phi) is 1.86. The van der Waals surface area contributed by atoms with Crippen LogP contribution in [0.5, 0.6) is 0 Å². The molecule has 0 aliphatic rings. The van der Waals surface area contributed by atoms with E-state index >= 15 is 0 Å². The van der Waals surface area contributed by atoms with Gasteiger partial charge in [0.15, 0.2) is 5.65 Å². The van der Waals surface area contributed by atoms with Crippen LogP contribution in [-0.4, -0.2) is 14.6 Å². The molecule has 0 amide bonds. The third-order valence-electron chi connectivity index (χ3n) is 2.47. The van der Waals surface area contributed by atoms with Crippen LogP contribution < -0.4 is 5.73 Å². The quantitative estimate of drug-likeness (QED) is 0.625. The zero-order valence-corrected chi connectivity index (χ0v) is 8.54. The number of hydrogen-bond donors (Lipinski definition) is 1. The average molecular weight is 210 g/mol. The minimum absolute atomic E-state index is 0.728. The van der Waals surface area contributed by atoms with Crippen LogP contribution in [0.25, 0.3) is 16.9 Å². The van der Waals surface area contributed by atoms with E-state index in [4.69, 9.17) is 5.73 Å². The molecule has 3 aromatic rings. The Labute approximate surface area is 92.4 Å². The van der Waals surface area contributed by atoms with Gasteiger partial charge in [0.2, 0.25) is 0 Å². The van der Waals surface area contributed by atoms with Gasteiger partial charge in [0, 0.05) is 29.7 Å². The highest BCUT2D eigenvalue weighted by molar-refractivity contribution is 5.75. The Morgan fingerprint density at radius 2 is 2.00 bits per heavy atom. The molecule has 16 heavy (non-hydrogen) atoms. The molecule has 2 N–H and O–H groups in total. The highest BCUT2D eigenvalue weighted by Crippen LogP contribution is 2.24. The van der Waals surface area contributed by atoms with Crippen LogP contribution in [0.1, 0.15) is 0 Å². The molecule has 4 nitrogen and oxygen atoms in total. The zero-order valence-electron chi connectivity index (χ0n) is 8.54. The summed E-state index contributed by atoms with van der Waals surface area (Å²) in [5, 5.41) is 4.42. The minimum Gasteiger partial charge on any atom is -0.398 e. The molecule has 0 saturated carbocycles. The van der Waals surface area contributed by atoms with Crippen LogP contribution in [0.2, 0.25) is 0 Å². The molecule has 3 rings (SSSR count). The fraction of sp³-hybridized carbons (Fsp3) is 0. The van der Waals surface area contributed by atoms with Crippen molar-refractivity contribution >= 4 is 11.3 Å². The van der Waals surface area contributed by atoms with Gasteiger partial charge in [-0.3, -0.25) is 0 Å². The van der Waals surface area contributed by atoms with E-state index in [0.29, 0.717) is 0 Å². The molecule has 2 heterocycles. The Bertz CT molecular complexity index is 609. The van der Waals surface area contributed by atoms with Crippen molar-refractivity contribution in [1.82, 2.24) is 14.6 Å². The fourth-order valence-electron chi connectivity index (χ4n) is 1.69. The van der Waals surface area contributed by atoms with Gasteiger partial charge in [-0.15, -0.1) is 0 Å². The fourth-order valence-corrected chi connectivity index (χ4v) is 1.69. The van der Waals surface area contributed by atoms with E-state index in [0.717, 1.165) is 22.6 Å². The molecule has 0 aliphatic carbocycles. The lowest BCUT2D eigenvalue weighted by Gasteiger charge is -1.99. The summed E-state index contributed by atoms with van der Waals surface area (Å²) in [6.45, 7) is 0. The molecular formula is C12H10N4. The molecule has 0 atom stereocenters. The molecule has 0 bridgehead atoms. The van der Waals surface area contributed by atoms with E-state index in [-0.39, 0.29) is 0 Å². The summed E-state index contributed by atoms with van der Waals surface area (Å²) in [6.07, 6.45) is 3.61. The van der Waals surface area contributed by atoms with Crippen LogP contribution in [-0.2, 0) is 0 Å². The van der Waals surface area contributed by atoms with Crippen LogP contribution >= 0.6 is 0 Å². The molecule has 0 aliphatic heterocycles. The van der Waals surface area contributed by atoms with Gasteiger partial charge < -0.3 is 5.73 Å². The second-order valence-electron chi connectivity index (χ2n) is 3.54. The third-order valence-corrected chi connectivity index (χ3v) is 2.47. The molecule has 78 valence electrons. The number of hydrogen-bond acceptors (Lipinski definition) is 3. The predicted molar refractivity (Wildman–Crippen MR) is 62.8 cm³/mol. The lowest BCUT2D eigenvalue weighted by Crippen LogP contribution is -1.90. The van der Waals surface area contributed by atoms with Crippen LogP contribution in [0, 0.1) is 0 Å². The van der Waals surface area contributed by atoms with Gasteiger partial charge in [0.1, 0.15) is 0 Å². The summed E-state index contributed by atoms with van der Waals surface area (Å²) in [5.41, 5.74) is 9.23. The zero-order chi connectivity index (χ0) is 11.0. The Morgan fingerprint density at radius 3 is 2.81 bits per heavy atom. The SMILES string of the molecule is Nc1ccccc1-c1cc2ncccn2n1. The second kappa shape index (κ2) is 3.34. The number of anilines is 1. The maximum absolute atomic E-state index is 5.90. The number of benzene rings is 1. The molecule has 0 fully saturated rings. The Balaban J connectivity index is 2.23. The lowest BCUT2D eigenvalue weighted by molar-refractivity contribution is 0.943. The van der Waals surface area contributed by atoms with Crippen LogP contribution in [0.15, 0.2) is 48.8 Å². The van der Waals surface area contributed by atoms with Gasteiger partial charge in [-0.1, -0.05) is 18.2 Å². The number of rotatable bonds is 1. The smallest absolute Gasteiger partial charge is 0.155 e. The first-order chi connectivity index (χ1) is 7.84. The van der Waals surface area contributed by atoms with Crippen molar-refractivity contribution in [2.75, 3.05) is 5.73 Å². The van der Waals surface area contributed by atoms with Crippen LogP contribution in [0.3, 0.4) is 0 Å². The monoisotopic (exact) mass is 210 g/mol. The maximum atomic E-state index is 5.90. The van der Waals surface area contributed by atoms with Crippen molar-refractivity contribution in [2.45, 2.75) is 0 Å². The summed E-state index contributed by atoms with van der Waals surface area (Å²) < 4.78 is 1.74. The van der Waals surface area contributed by atoms with Gasteiger partial charge in [-0.2, -0.15) is 5.10 Å². The van der Waals surface area contributed by atoms with E-state index in [1.807, 2.05) is 42.6 Å². The standard InChI is InChI=1S/C12H10N4/c13-10-5-2-1-4-9(10)11-8-12-14-6-3-7-16(12)15-11/h1-8H,13H2. The third kappa shape index (κ3) is 1.32. The highest BCUT2D eigenvalue weighted by Gasteiger charge is 2.06. The summed E-state index contributed by atoms with van der Waals surface area (Å²) >= 11 is 0. The van der Waals surface area contributed by atoms with Gasteiger partial charge in [-0.25, -0.2) is 9.50 Å². The van der Waals surface area contributed by atoms with E-state index < -0.39 is 0 Å². The van der Waals surface area contributed by atoms with E-state index in [9.17, 15) is 0 Å². The first kappa shape index (κ1) is 8.91. The largest absolute Gasteiger partial charge is 0.398 e. The lowest BCUT2D eigenvalue weighted by atomic mass is 10.1. The number of nitrogens with zero attached hydrogens (tertiary/aromatic N) is 3.